The number of hydrogen-bond donors (Lipinski definition) is 1. The molecule has 0 amide bonds. The van der Waals surface area contributed by atoms with Gasteiger partial charge in [0.15, 0.2) is 5.78 Å². The third kappa shape index (κ3) is 4.21. The highest BCUT2D eigenvalue weighted by atomic mass is 16.1. The molecular formula is C11H20N2O. The van der Waals surface area contributed by atoms with Crippen LogP contribution >= 0.6 is 0 Å². The SMILES string of the molecule is CCC/C(C(C)=O)=C(\CC)N=C(C)N. The summed E-state index contributed by atoms with van der Waals surface area (Å²) in [6.07, 6.45) is 2.50. The van der Waals surface area contributed by atoms with E-state index in [4.69, 9.17) is 5.73 Å². The first-order valence-corrected chi connectivity index (χ1v) is 5.06. The average Bonchev–Trinajstić information content (AvgIpc) is 2.10. The number of nitrogens with zero attached hydrogens (tertiary/aromatic N) is 1. The van der Waals surface area contributed by atoms with E-state index in [0.717, 1.165) is 30.5 Å². The normalized spacial score (nSPS) is 13.9. The zero-order valence-electron chi connectivity index (χ0n) is 9.55. The summed E-state index contributed by atoms with van der Waals surface area (Å²) < 4.78 is 0. The number of amidine groups is 1. The number of nitrogens with two attached hydrogens (primary N) is 1. The van der Waals surface area contributed by atoms with Crippen molar-refractivity contribution in [3.8, 4) is 0 Å². The summed E-state index contributed by atoms with van der Waals surface area (Å²) in [5.74, 6) is 0.616. The number of carbonyl (C=O) groups is 1. The van der Waals surface area contributed by atoms with Crippen LogP contribution in [0.15, 0.2) is 16.3 Å². The maximum atomic E-state index is 11.3. The van der Waals surface area contributed by atoms with Crippen molar-refractivity contribution in [2.75, 3.05) is 0 Å². The first kappa shape index (κ1) is 12.9. The highest BCUT2D eigenvalue weighted by Crippen LogP contribution is 2.16. The van der Waals surface area contributed by atoms with Gasteiger partial charge in [0, 0.05) is 11.3 Å². The molecule has 0 aromatic rings. The van der Waals surface area contributed by atoms with Gasteiger partial charge in [0.2, 0.25) is 0 Å². The van der Waals surface area contributed by atoms with Gasteiger partial charge in [-0.2, -0.15) is 0 Å². The van der Waals surface area contributed by atoms with Gasteiger partial charge >= 0.3 is 0 Å². The molecule has 0 aromatic carbocycles. The summed E-state index contributed by atoms with van der Waals surface area (Å²) in [6.45, 7) is 7.36. The van der Waals surface area contributed by atoms with E-state index in [9.17, 15) is 4.79 Å². The molecule has 0 fully saturated rings. The minimum absolute atomic E-state index is 0.105. The van der Waals surface area contributed by atoms with E-state index in [1.165, 1.54) is 0 Å². The van der Waals surface area contributed by atoms with E-state index in [-0.39, 0.29) is 5.78 Å². The lowest BCUT2D eigenvalue weighted by atomic mass is 10.0. The van der Waals surface area contributed by atoms with E-state index in [1.54, 1.807) is 13.8 Å². The molecular weight excluding hydrogens is 176 g/mol. The summed E-state index contributed by atoms with van der Waals surface area (Å²) in [7, 11) is 0. The van der Waals surface area contributed by atoms with Crippen LogP contribution in [-0.4, -0.2) is 11.6 Å². The zero-order chi connectivity index (χ0) is 11.1. The molecule has 2 N–H and O–H groups in total. The molecule has 14 heavy (non-hydrogen) atoms. The van der Waals surface area contributed by atoms with Crippen molar-refractivity contribution in [2.24, 2.45) is 10.7 Å². The number of carbonyl (C=O) groups excluding carboxylic acids is 1. The standard InChI is InChI=1S/C11H20N2O/c1-5-7-10(8(3)14)11(6-2)13-9(4)12/h5-7H2,1-4H3,(H2,12,13)/b11-10-. The molecule has 0 unspecified atom stereocenters. The van der Waals surface area contributed by atoms with Crippen molar-refractivity contribution in [1.82, 2.24) is 0 Å². The van der Waals surface area contributed by atoms with Crippen LogP contribution in [0, 0.1) is 0 Å². The van der Waals surface area contributed by atoms with E-state index >= 15 is 0 Å². The number of Topliss-reactive ketones (excluding diaryl/α,β-unsaturated/α-hetero) is 1. The van der Waals surface area contributed by atoms with Crippen LogP contribution in [0.5, 0.6) is 0 Å². The Balaban J connectivity index is 5.08. The molecule has 0 aromatic heterocycles. The van der Waals surface area contributed by atoms with Gasteiger partial charge < -0.3 is 5.73 Å². The topological polar surface area (TPSA) is 55.5 Å². The number of aliphatic imine (C=N–C) groups is 1. The molecule has 3 nitrogen and oxygen atoms in total. The largest absolute Gasteiger partial charge is 0.387 e. The predicted molar refractivity (Wildman–Crippen MR) is 60.2 cm³/mol. The Labute approximate surface area is 86.1 Å². The van der Waals surface area contributed by atoms with Crippen LogP contribution in [0.3, 0.4) is 0 Å². The predicted octanol–water partition coefficient (Wildman–Crippen LogP) is 2.42. The Morgan fingerprint density at radius 2 is 1.86 bits per heavy atom. The first-order chi connectivity index (χ1) is 6.52. The van der Waals surface area contributed by atoms with Gasteiger partial charge in [0.05, 0.1) is 5.84 Å². The van der Waals surface area contributed by atoms with E-state index in [0.29, 0.717) is 5.84 Å². The van der Waals surface area contributed by atoms with Crippen LogP contribution < -0.4 is 5.73 Å². The Kier molecular flexibility index (Phi) is 5.84. The summed E-state index contributed by atoms with van der Waals surface area (Å²) in [6, 6.07) is 0. The molecule has 0 aliphatic carbocycles. The van der Waals surface area contributed by atoms with E-state index in [1.807, 2.05) is 6.92 Å². The summed E-state index contributed by atoms with van der Waals surface area (Å²) in [5.41, 5.74) is 7.16. The lowest BCUT2D eigenvalue weighted by Gasteiger charge is -2.07. The molecule has 80 valence electrons. The van der Waals surface area contributed by atoms with Crippen LogP contribution in [0.1, 0.15) is 47.0 Å². The van der Waals surface area contributed by atoms with Gasteiger partial charge in [-0.15, -0.1) is 0 Å². The zero-order valence-corrected chi connectivity index (χ0v) is 9.55. The van der Waals surface area contributed by atoms with Crippen molar-refractivity contribution in [2.45, 2.75) is 47.0 Å². The highest BCUT2D eigenvalue weighted by molar-refractivity contribution is 5.94. The second-order valence-corrected chi connectivity index (χ2v) is 3.34. The molecule has 0 aliphatic heterocycles. The van der Waals surface area contributed by atoms with Gasteiger partial charge in [0.25, 0.3) is 0 Å². The summed E-state index contributed by atoms with van der Waals surface area (Å²) in [5, 5.41) is 0. The van der Waals surface area contributed by atoms with Gasteiger partial charge in [0.1, 0.15) is 0 Å². The minimum Gasteiger partial charge on any atom is -0.387 e. The average molecular weight is 196 g/mol. The Morgan fingerprint density at radius 1 is 1.29 bits per heavy atom. The van der Waals surface area contributed by atoms with Crippen LogP contribution in [0.25, 0.3) is 0 Å². The van der Waals surface area contributed by atoms with E-state index < -0.39 is 0 Å². The Bertz CT molecular complexity index is 260. The fourth-order valence-electron chi connectivity index (χ4n) is 1.35. The van der Waals surface area contributed by atoms with Crippen molar-refractivity contribution in [3.63, 3.8) is 0 Å². The second kappa shape index (κ2) is 6.35. The molecule has 0 bridgehead atoms. The summed E-state index contributed by atoms with van der Waals surface area (Å²) in [4.78, 5) is 15.5. The number of ketones is 1. The number of hydrogen-bond acceptors (Lipinski definition) is 2. The lowest BCUT2D eigenvalue weighted by Crippen LogP contribution is -2.08. The Hall–Kier alpha value is -1.12. The van der Waals surface area contributed by atoms with E-state index in [2.05, 4.69) is 11.9 Å². The molecule has 0 saturated carbocycles. The monoisotopic (exact) mass is 196 g/mol. The first-order valence-electron chi connectivity index (χ1n) is 5.06. The molecule has 3 heteroatoms. The molecule has 0 aliphatic rings. The van der Waals surface area contributed by atoms with Gasteiger partial charge in [-0.1, -0.05) is 20.3 Å². The molecule has 0 heterocycles. The third-order valence-electron chi connectivity index (χ3n) is 1.92. The number of rotatable bonds is 5. The molecule has 0 atom stereocenters. The Morgan fingerprint density at radius 3 is 2.14 bits per heavy atom. The van der Waals surface area contributed by atoms with Crippen LogP contribution in [0.2, 0.25) is 0 Å². The van der Waals surface area contributed by atoms with Gasteiger partial charge in [-0.3, -0.25) is 4.79 Å². The second-order valence-electron chi connectivity index (χ2n) is 3.34. The fourth-order valence-corrected chi connectivity index (χ4v) is 1.35. The van der Waals surface area contributed by atoms with Gasteiger partial charge in [-0.05, 0) is 26.7 Å². The van der Waals surface area contributed by atoms with Crippen molar-refractivity contribution >= 4 is 11.6 Å². The molecule has 0 saturated heterocycles. The van der Waals surface area contributed by atoms with Crippen molar-refractivity contribution < 1.29 is 4.79 Å². The van der Waals surface area contributed by atoms with Crippen molar-refractivity contribution in [1.29, 1.82) is 0 Å². The maximum absolute atomic E-state index is 11.3. The summed E-state index contributed by atoms with van der Waals surface area (Å²) >= 11 is 0. The highest BCUT2D eigenvalue weighted by Gasteiger charge is 2.08. The maximum Gasteiger partial charge on any atom is 0.157 e. The van der Waals surface area contributed by atoms with Crippen LogP contribution in [-0.2, 0) is 4.79 Å². The fraction of sp³-hybridized carbons (Fsp3) is 0.636. The molecule has 0 spiro atoms. The molecule has 0 radical (unpaired) electrons. The number of allylic oxidation sites excluding steroid dienone is 2. The quantitative estimate of drug-likeness (QED) is 0.417. The third-order valence-corrected chi connectivity index (χ3v) is 1.92. The van der Waals surface area contributed by atoms with Gasteiger partial charge in [-0.25, -0.2) is 4.99 Å². The molecule has 0 rings (SSSR count). The lowest BCUT2D eigenvalue weighted by molar-refractivity contribution is -0.113. The van der Waals surface area contributed by atoms with Crippen LogP contribution in [0.4, 0.5) is 0 Å². The smallest absolute Gasteiger partial charge is 0.157 e. The van der Waals surface area contributed by atoms with Crippen molar-refractivity contribution in [3.05, 3.63) is 11.3 Å². The minimum atomic E-state index is 0.105.